The molecule has 0 bridgehead atoms. The molecule has 3 aromatic heterocycles. The Bertz CT molecular complexity index is 1510. The lowest BCUT2D eigenvalue weighted by atomic mass is 10.1. The molecule has 1 unspecified atom stereocenters. The van der Waals surface area contributed by atoms with Gasteiger partial charge in [-0.05, 0) is 31.2 Å². The third-order valence-corrected chi connectivity index (χ3v) is 6.12. The number of aromatic nitrogens is 4. The number of halogens is 1. The number of benzene rings is 1. The van der Waals surface area contributed by atoms with Crippen molar-refractivity contribution in [3.05, 3.63) is 70.7 Å². The second kappa shape index (κ2) is 9.26. The van der Waals surface area contributed by atoms with Crippen LogP contribution in [-0.4, -0.2) is 53.7 Å². The first kappa shape index (κ1) is 23.4. The number of nitrogens with one attached hydrogen (secondary N) is 1. The number of hydrogen-bond donors (Lipinski definition) is 1. The first-order chi connectivity index (χ1) is 16.2. The molecule has 4 rings (SSSR count). The van der Waals surface area contributed by atoms with Crippen LogP contribution in [0.15, 0.2) is 53.5 Å². The molecule has 0 fully saturated rings. The molecule has 0 radical (unpaired) electrons. The second-order valence-electron chi connectivity index (χ2n) is 7.66. The molecule has 178 valence electrons. The molecule has 9 nitrogen and oxygen atoms in total. The predicted octanol–water partition coefficient (Wildman–Crippen LogP) is 2.97. The monoisotopic (exact) mass is 486 g/mol. The van der Waals surface area contributed by atoms with Crippen LogP contribution in [0, 0.1) is 5.82 Å². The Kier molecular flexibility index (Phi) is 6.38. The highest BCUT2D eigenvalue weighted by Crippen LogP contribution is 2.30. The second-order valence-corrected chi connectivity index (χ2v) is 9.84. The number of sulfone groups is 1. The molecule has 0 amide bonds. The average molecular weight is 487 g/mol. The minimum atomic E-state index is -3.54. The number of methoxy groups -OCH3 is 1. The number of hydrogen-bond acceptors (Lipinski definition) is 7. The number of ether oxygens (including phenoxy) is 2. The molecule has 11 heteroatoms. The largest absolute Gasteiger partial charge is 0.491 e. The minimum Gasteiger partial charge on any atom is -0.491 e. The number of fused-ring (bicyclic) bond motifs is 1. The third kappa shape index (κ3) is 4.65. The summed E-state index contributed by atoms with van der Waals surface area (Å²) in [6, 6.07) is 10.0. The van der Waals surface area contributed by atoms with Crippen LogP contribution in [0.3, 0.4) is 0 Å². The Labute approximate surface area is 195 Å². The molecule has 0 spiro atoms. The molecule has 0 aliphatic rings. The normalized spacial score (nSPS) is 12.6. The predicted molar refractivity (Wildman–Crippen MR) is 126 cm³/mol. The fourth-order valence-corrected chi connectivity index (χ4v) is 4.64. The highest BCUT2D eigenvalue weighted by molar-refractivity contribution is 7.90. The SMILES string of the molecule is CCOc1nc(C(CS(C)(=O)=O)n2c(=O)[nH]c3cc(-c4ccccc4F)cnc32)ccc1OC. The third-order valence-electron chi connectivity index (χ3n) is 5.20. The lowest BCUT2D eigenvalue weighted by molar-refractivity contribution is 0.296. The molecule has 0 saturated carbocycles. The quantitative estimate of drug-likeness (QED) is 0.407. The van der Waals surface area contributed by atoms with E-state index in [2.05, 4.69) is 15.0 Å². The van der Waals surface area contributed by atoms with Crippen LogP contribution in [0.4, 0.5) is 4.39 Å². The highest BCUT2D eigenvalue weighted by Gasteiger charge is 2.27. The molecule has 0 aliphatic heterocycles. The molecule has 1 atom stereocenters. The van der Waals surface area contributed by atoms with Crippen LogP contribution in [0.25, 0.3) is 22.3 Å². The van der Waals surface area contributed by atoms with Gasteiger partial charge in [0.1, 0.15) is 15.7 Å². The summed E-state index contributed by atoms with van der Waals surface area (Å²) in [6.45, 7) is 2.10. The maximum absolute atomic E-state index is 14.3. The Morgan fingerprint density at radius 2 is 1.97 bits per heavy atom. The van der Waals surface area contributed by atoms with Crippen LogP contribution in [0.2, 0.25) is 0 Å². The number of rotatable bonds is 8. The van der Waals surface area contributed by atoms with E-state index in [4.69, 9.17) is 9.47 Å². The average Bonchev–Trinajstić information content (AvgIpc) is 3.12. The maximum atomic E-state index is 14.3. The Morgan fingerprint density at radius 3 is 2.65 bits per heavy atom. The molecule has 0 aliphatic carbocycles. The molecule has 3 heterocycles. The summed E-state index contributed by atoms with van der Waals surface area (Å²) >= 11 is 0. The van der Waals surface area contributed by atoms with Crippen molar-refractivity contribution in [3.63, 3.8) is 0 Å². The number of H-pyrrole nitrogens is 1. The highest BCUT2D eigenvalue weighted by atomic mass is 32.2. The van der Waals surface area contributed by atoms with Gasteiger partial charge in [-0.25, -0.2) is 27.6 Å². The van der Waals surface area contributed by atoms with Gasteiger partial charge in [0.05, 0.1) is 36.7 Å². The minimum absolute atomic E-state index is 0.184. The molecule has 0 saturated heterocycles. The smallest absolute Gasteiger partial charge is 0.328 e. The van der Waals surface area contributed by atoms with Crippen molar-refractivity contribution in [2.45, 2.75) is 13.0 Å². The Morgan fingerprint density at radius 1 is 1.21 bits per heavy atom. The maximum Gasteiger partial charge on any atom is 0.328 e. The van der Waals surface area contributed by atoms with E-state index in [1.54, 1.807) is 43.3 Å². The zero-order valence-corrected chi connectivity index (χ0v) is 19.6. The number of pyridine rings is 2. The summed E-state index contributed by atoms with van der Waals surface area (Å²) in [7, 11) is -2.08. The van der Waals surface area contributed by atoms with Gasteiger partial charge in [0.15, 0.2) is 11.4 Å². The first-order valence-corrected chi connectivity index (χ1v) is 12.5. The van der Waals surface area contributed by atoms with E-state index >= 15 is 0 Å². The van der Waals surface area contributed by atoms with Gasteiger partial charge in [0, 0.05) is 23.6 Å². The molecule has 4 aromatic rings. The molecule has 34 heavy (non-hydrogen) atoms. The number of aromatic amines is 1. The zero-order chi connectivity index (χ0) is 24.5. The van der Waals surface area contributed by atoms with E-state index < -0.39 is 33.1 Å². The lowest BCUT2D eigenvalue weighted by Gasteiger charge is -2.19. The van der Waals surface area contributed by atoms with Crippen molar-refractivity contribution < 1.29 is 22.3 Å². The van der Waals surface area contributed by atoms with E-state index in [9.17, 15) is 17.6 Å². The van der Waals surface area contributed by atoms with E-state index in [-0.39, 0.29) is 17.2 Å². The van der Waals surface area contributed by atoms with Crippen molar-refractivity contribution in [2.75, 3.05) is 25.7 Å². The van der Waals surface area contributed by atoms with Crippen LogP contribution < -0.4 is 15.2 Å². The van der Waals surface area contributed by atoms with Gasteiger partial charge in [0.25, 0.3) is 5.88 Å². The molecular weight excluding hydrogens is 463 g/mol. The van der Waals surface area contributed by atoms with Gasteiger partial charge in [-0.1, -0.05) is 18.2 Å². The molecule has 1 aromatic carbocycles. The Hall–Kier alpha value is -3.73. The van der Waals surface area contributed by atoms with Crippen molar-refractivity contribution in [1.82, 2.24) is 19.5 Å². The summed E-state index contributed by atoms with van der Waals surface area (Å²) < 4.78 is 50.9. The van der Waals surface area contributed by atoms with Crippen molar-refractivity contribution in [3.8, 4) is 22.8 Å². The van der Waals surface area contributed by atoms with E-state index in [1.807, 2.05) is 0 Å². The summed E-state index contributed by atoms with van der Waals surface area (Å²) in [5.74, 6) is -0.265. The lowest BCUT2D eigenvalue weighted by Crippen LogP contribution is -2.29. The summed E-state index contributed by atoms with van der Waals surface area (Å²) in [4.78, 5) is 24.5. The van der Waals surface area contributed by atoms with E-state index in [1.165, 1.54) is 23.9 Å². The fourth-order valence-electron chi connectivity index (χ4n) is 3.75. The van der Waals surface area contributed by atoms with Crippen molar-refractivity contribution in [2.24, 2.45) is 0 Å². The number of nitrogens with zero attached hydrogens (tertiary/aromatic N) is 3. The first-order valence-electron chi connectivity index (χ1n) is 10.4. The topological polar surface area (TPSA) is 116 Å². The van der Waals surface area contributed by atoms with Crippen molar-refractivity contribution in [1.29, 1.82) is 0 Å². The molecule has 1 N–H and O–H groups in total. The fraction of sp³-hybridized carbons (Fsp3) is 0.261. The van der Waals surface area contributed by atoms with Gasteiger partial charge >= 0.3 is 5.69 Å². The molecular formula is C23H23FN4O5S. The number of imidazole rings is 1. The van der Waals surface area contributed by atoms with Gasteiger partial charge in [0.2, 0.25) is 0 Å². The van der Waals surface area contributed by atoms with Gasteiger partial charge < -0.3 is 14.5 Å². The van der Waals surface area contributed by atoms with E-state index in [0.29, 0.717) is 29.0 Å². The van der Waals surface area contributed by atoms with Gasteiger partial charge in [-0.2, -0.15) is 0 Å². The van der Waals surface area contributed by atoms with Crippen LogP contribution >= 0.6 is 0 Å². The van der Waals surface area contributed by atoms with Gasteiger partial charge in [-0.3, -0.25) is 4.57 Å². The van der Waals surface area contributed by atoms with Crippen molar-refractivity contribution >= 4 is 21.0 Å². The zero-order valence-electron chi connectivity index (χ0n) is 18.8. The van der Waals surface area contributed by atoms with E-state index in [0.717, 1.165) is 6.26 Å². The standard InChI is InChI=1S/C23H23FN4O5S/c1-4-33-22-20(32-2)10-9-17(26-22)19(13-34(3,30)31)28-21-18(27-23(28)29)11-14(12-25-21)15-7-5-6-8-16(15)24/h5-12,19H,4,13H2,1-3H3,(H,27,29). The van der Waals surface area contributed by atoms with Crippen LogP contribution in [-0.2, 0) is 9.84 Å². The summed E-state index contributed by atoms with van der Waals surface area (Å²) in [5, 5.41) is 0. The Balaban J connectivity index is 1.89. The summed E-state index contributed by atoms with van der Waals surface area (Å²) in [6.07, 6.45) is 2.52. The van der Waals surface area contributed by atoms with Crippen LogP contribution in [0.1, 0.15) is 18.7 Å². The van der Waals surface area contributed by atoms with Gasteiger partial charge in [-0.15, -0.1) is 0 Å². The van der Waals surface area contributed by atoms with Crippen LogP contribution in [0.5, 0.6) is 11.6 Å². The summed E-state index contributed by atoms with van der Waals surface area (Å²) in [5.41, 5.74) is 1.07.